The number of aryl methyl sites for hydroxylation is 2. The molecule has 1 N–H and O–H groups in total. The van der Waals surface area contributed by atoms with Crippen molar-refractivity contribution in [3.63, 3.8) is 0 Å². The molecule has 0 aliphatic carbocycles. The van der Waals surface area contributed by atoms with E-state index in [1.807, 2.05) is 22.2 Å². The maximum absolute atomic E-state index is 4.30. The Hall–Kier alpha value is -1.81. The van der Waals surface area contributed by atoms with Crippen LogP contribution in [0.25, 0.3) is 10.1 Å². The van der Waals surface area contributed by atoms with Crippen molar-refractivity contribution in [3.8, 4) is 0 Å². The number of nitrogens with zero attached hydrogens (tertiary/aromatic N) is 2. The van der Waals surface area contributed by atoms with Gasteiger partial charge in [0.05, 0.1) is 17.9 Å². The second-order valence-electron chi connectivity index (χ2n) is 5.04. The molecule has 3 nitrogen and oxygen atoms in total. The fourth-order valence-corrected chi connectivity index (χ4v) is 3.75. The third-order valence-corrected chi connectivity index (χ3v) is 5.07. The van der Waals surface area contributed by atoms with E-state index in [9.17, 15) is 0 Å². The first kappa shape index (κ1) is 13.2. The highest BCUT2D eigenvalue weighted by Gasteiger charge is 2.14. The lowest BCUT2D eigenvalue weighted by molar-refractivity contribution is 0.660. The number of fused-ring (bicyclic) bond motifs is 1. The molecule has 1 unspecified atom stereocenters. The predicted octanol–water partition coefficient (Wildman–Crippen LogP) is 4.60. The predicted molar refractivity (Wildman–Crippen MR) is 86.5 cm³/mol. The van der Waals surface area contributed by atoms with Gasteiger partial charge in [0.15, 0.2) is 0 Å². The number of benzene rings is 1. The molecule has 0 amide bonds. The van der Waals surface area contributed by atoms with Crippen molar-refractivity contribution in [1.29, 1.82) is 0 Å². The van der Waals surface area contributed by atoms with Crippen LogP contribution in [0, 0.1) is 6.92 Å². The van der Waals surface area contributed by atoms with Crippen molar-refractivity contribution in [2.24, 2.45) is 0 Å². The van der Waals surface area contributed by atoms with Crippen molar-refractivity contribution in [1.82, 2.24) is 9.78 Å². The van der Waals surface area contributed by atoms with Crippen LogP contribution >= 0.6 is 11.3 Å². The lowest BCUT2D eigenvalue weighted by atomic mass is 10.1. The molecule has 0 fully saturated rings. The summed E-state index contributed by atoms with van der Waals surface area (Å²) in [6.07, 6.45) is 3.95. The monoisotopic (exact) mass is 285 g/mol. The van der Waals surface area contributed by atoms with Gasteiger partial charge in [0.2, 0.25) is 0 Å². The average Bonchev–Trinajstić information content (AvgIpc) is 3.04. The molecule has 2 aromatic heterocycles. The van der Waals surface area contributed by atoms with Gasteiger partial charge >= 0.3 is 0 Å². The summed E-state index contributed by atoms with van der Waals surface area (Å²) in [7, 11) is 0. The number of thiophene rings is 1. The molecule has 0 aliphatic heterocycles. The molecular formula is C16H19N3S. The quantitative estimate of drug-likeness (QED) is 0.759. The largest absolute Gasteiger partial charge is 0.375 e. The number of aromatic nitrogens is 2. The van der Waals surface area contributed by atoms with Gasteiger partial charge in [-0.25, -0.2) is 0 Å². The molecule has 104 valence electrons. The van der Waals surface area contributed by atoms with E-state index in [1.54, 1.807) is 0 Å². The highest BCUT2D eigenvalue weighted by Crippen LogP contribution is 2.35. The van der Waals surface area contributed by atoms with Crippen LogP contribution in [-0.2, 0) is 6.54 Å². The Morgan fingerprint density at radius 3 is 2.85 bits per heavy atom. The Bertz CT molecular complexity index is 726. The first-order valence-corrected chi connectivity index (χ1v) is 7.77. The smallest absolute Gasteiger partial charge is 0.0731 e. The molecule has 0 bridgehead atoms. The van der Waals surface area contributed by atoms with Gasteiger partial charge in [-0.05, 0) is 37.8 Å². The summed E-state index contributed by atoms with van der Waals surface area (Å²) in [5.74, 6) is 0. The molecule has 0 radical (unpaired) electrons. The summed E-state index contributed by atoms with van der Waals surface area (Å²) in [6.45, 7) is 7.41. The first-order valence-electron chi connectivity index (χ1n) is 6.96. The molecule has 0 saturated carbocycles. The third kappa shape index (κ3) is 2.31. The van der Waals surface area contributed by atoms with E-state index in [0.717, 1.165) is 12.2 Å². The van der Waals surface area contributed by atoms with E-state index in [2.05, 4.69) is 61.6 Å². The normalized spacial score (nSPS) is 12.8. The molecule has 0 saturated heterocycles. The molecule has 3 aromatic rings. The van der Waals surface area contributed by atoms with Crippen molar-refractivity contribution >= 4 is 27.1 Å². The van der Waals surface area contributed by atoms with Crippen molar-refractivity contribution in [3.05, 3.63) is 47.1 Å². The Morgan fingerprint density at radius 2 is 2.15 bits per heavy atom. The molecule has 4 heteroatoms. The van der Waals surface area contributed by atoms with Gasteiger partial charge in [0.1, 0.15) is 0 Å². The Kier molecular flexibility index (Phi) is 3.49. The molecule has 0 spiro atoms. The number of rotatable bonds is 4. The molecular weight excluding hydrogens is 266 g/mol. The zero-order chi connectivity index (χ0) is 14.1. The van der Waals surface area contributed by atoms with Gasteiger partial charge in [0, 0.05) is 22.3 Å². The fourth-order valence-electron chi connectivity index (χ4n) is 2.53. The van der Waals surface area contributed by atoms with Gasteiger partial charge < -0.3 is 5.32 Å². The minimum atomic E-state index is 0.293. The summed E-state index contributed by atoms with van der Waals surface area (Å²) >= 11 is 1.87. The van der Waals surface area contributed by atoms with Crippen LogP contribution in [0.1, 0.15) is 30.3 Å². The van der Waals surface area contributed by atoms with Crippen LogP contribution < -0.4 is 5.32 Å². The lowest BCUT2D eigenvalue weighted by Crippen LogP contribution is -2.05. The zero-order valence-electron chi connectivity index (χ0n) is 12.1. The lowest BCUT2D eigenvalue weighted by Gasteiger charge is -2.13. The van der Waals surface area contributed by atoms with E-state index < -0.39 is 0 Å². The number of nitrogens with one attached hydrogen (secondary N) is 1. The Balaban J connectivity index is 1.88. The van der Waals surface area contributed by atoms with Crippen LogP contribution in [0.3, 0.4) is 0 Å². The topological polar surface area (TPSA) is 29.9 Å². The maximum Gasteiger partial charge on any atom is 0.0731 e. The van der Waals surface area contributed by atoms with Crippen molar-refractivity contribution < 1.29 is 0 Å². The summed E-state index contributed by atoms with van der Waals surface area (Å²) < 4.78 is 3.30. The maximum atomic E-state index is 4.30. The van der Waals surface area contributed by atoms with E-state index in [-0.39, 0.29) is 0 Å². The van der Waals surface area contributed by atoms with Gasteiger partial charge in [-0.3, -0.25) is 4.68 Å². The summed E-state index contributed by atoms with van der Waals surface area (Å²) in [5, 5.41) is 9.21. The summed E-state index contributed by atoms with van der Waals surface area (Å²) in [4.78, 5) is 1.40. The molecule has 3 rings (SSSR count). The number of hydrogen-bond acceptors (Lipinski definition) is 3. The van der Waals surface area contributed by atoms with Crippen molar-refractivity contribution in [2.45, 2.75) is 33.4 Å². The zero-order valence-corrected chi connectivity index (χ0v) is 12.9. The number of hydrogen-bond donors (Lipinski definition) is 1. The standard InChI is InChI=1S/C16H19N3S/c1-4-19-10-13(9-17-19)18-12(3)16-11(2)14-7-5-6-8-15(14)20-16/h5-10,12,18H,4H2,1-3H3. The molecule has 20 heavy (non-hydrogen) atoms. The minimum absolute atomic E-state index is 0.293. The van der Waals surface area contributed by atoms with E-state index in [1.165, 1.54) is 20.5 Å². The van der Waals surface area contributed by atoms with E-state index >= 15 is 0 Å². The Labute approximate surface area is 123 Å². The van der Waals surface area contributed by atoms with Gasteiger partial charge in [-0.1, -0.05) is 18.2 Å². The molecule has 0 aliphatic rings. The average molecular weight is 285 g/mol. The molecule has 1 atom stereocenters. The SMILES string of the molecule is CCn1cc(NC(C)c2sc3ccccc3c2C)cn1. The number of anilines is 1. The van der Waals surface area contributed by atoms with Crippen LogP contribution in [0.4, 0.5) is 5.69 Å². The van der Waals surface area contributed by atoms with Gasteiger partial charge in [-0.2, -0.15) is 5.10 Å². The Morgan fingerprint density at radius 1 is 1.35 bits per heavy atom. The fraction of sp³-hybridized carbons (Fsp3) is 0.312. The second kappa shape index (κ2) is 5.29. The molecule has 2 heterocycles. The van der Waals surface area contributed by atoms with Gasteiger partial charge in [0.25, 0.3) is 0 Å². The molecule has 1 aromatic carbocycles. The van der Waals surface area contributed by atoms with E-state index in [0.29, 0.717) is 6.04 Å². The summed E-state index contributed by atoms with van der Waals surface area (Å²) in [6, 6.07) is 8.90. The van der Waals surface area contributed by atoms with Crippen LogP contribution in [0.2, 0.25) is 0 Å². The third-order valence-electron chi connectivity index (χ3n) is 3.61. The van der Waals surface area contributed by atoms with Crippen LogP contribution in [-0.4, -0.2) is 9.78 Å². The highest BCUT2D eigenvalue weighted by molar-refractivity contribution is 7.19. The van der Waals surface area contributed by atoms with Crippen LogP contribution in [0.15, 0.2) is 36.7 Å². The first-order chi connectivity index (χ1) is 9.69. The van der Waals surface area contributed by atoms with Gasteiger partial charge in [-0.15, -0.1) is 11.3 Å². The minimum Gasteiger partial charge on any atom is -0.375 e. The summed E-state index contributed by atoms with van der Waals surface area (Å²) in [5.41, 5.74) is 2.46. The van der Waals surface area contributed by atoms with Crippen molar-refractivity contribution in [2.75, 3.05) is 5.32 Å². The van der Waals surface area contributed by atoms with E-state index in [4.69, 9.17) is 0 Å². The second-order valence-corrected chi connectivity index (χ2v) is 6.12. The highest BCUT2D eigenvalue weighted by atomic mass is 32.1. The van der Waals surface area contributed by atoms with Crippen LogP contribution in [0.5, 0.6) is 0 Å².